The number of aromatic nitrogens is 1. The van der Waals surface area contributed by atoms with Gasteiger partial charge >= 0.3 is 0 Å². The van der Waals surface area contributed by atoms with E-state index in [-0.39, 0.29) is 0 Å². The highest BCUT2D eigenvalue weighted by Crippen LogP contribution is 2.18. The van der Waals surface area contributed by atoms with Crippen molar-refractivity contribution in [2.75, 3.05) is 7.05 Å². The molecule has 0 radical (unpaired) electrons. The van der Waals surface area contributed by atoms with Gasteiger partial charge in [0.2, 0.25) is 0 Å². The summed E-state index contributed by atoms with van der Waals surface area (Å²) < 4.78 is 5.66. The molecular formula is C12H16N2O. The molecule has 3 heteroatoms. The van der Waals surface area contributed by atoms with Crippen molar-refractivity contribution >= 4 is 11.1 Å². The van der Waals surface area contributed by atoms with Gasteiger partial charge in [0, 0.05) is 13.0 Å². The quantitative estimate of drug-likeness (QED) is 0.831. The summed E-state index contributed by atoms with van der Waals surface area (Å²) >= 11 is 0. The smallest absolute Gasteiger partial charge is 0.195 e. The van der Waals surface area contributed by atoms with Crippen LogP contribution in [-0.4, -0.2) is 12.0 Å². The van der Waals surface area contributed by atoms with Crippen molar-refractivity contribution in [3.8, 4) is 0 Å². The average molecular weight is 204 g/mol. The first-order chi connectivity index (χ1) is 7.33. The van der Waals surface area contributed by atoms with E-state index in [1.165, 1.54) is 5.56 Å². The van der Waals surface area contributed by atoms with Gasteiger partial charge in [0.1, 0.15) is 5.52 Å². The molecule has 0 aliphatic heterocycles. The lowest BCUT2D eigenvalue weighted by atomic mass is 10.2. The standard InChI is InChI=1S/C12H16N2O/c1-3-4-12-14-10-6-5-9(8-13-2)7-11(10)15-12/h5-7,13H,3-4,8H2,1-2H3. The normalized spacial score (nSPS) is 11.1. The molecular weight excluding hydrogens is 188 g/mol. The Labute approximate surface area is 89.5 Å². The lowest BCUT2D eigenvalue weighted by Gasteiger charge is -1.97. The van der Waals surface area contributed by atoms with Crippen LogP contribution in [0.25, 0.3) is 11.1 Å². The lowest BCUT2D eigenvalue weighted by Crippen LogP contribution is -2.04. The van der Waals surface area contributed by atoms with E-state index < -0.39 is 0 Å². The largest absolute Gasteiger partial charge is 0.441 e. The molecule has 1 aromatic heterocycles. The van der Waals surface area contributed by atoms with Crippen LogP contribution in [0, 0.1) is 0 Å². The molecule has 0 amide bonds. The van der Waals surface area contributed by atoms with E-state index >= 15 is 0 Å². The van der Waals surface area contributed by atoms with Gasteiger partial charge in [0.15, 0.2) is 11.5 Å². The van der Waals surface area contributed by atoms with E-state index in [1.807, 2.05) is 13.1 Å². The van der Waals surface area contributed by atoms with Crippen molar-refractivity contribution in [1.29, 1.82) is 0 Å². The van der Waals surface area contributed by atoms with Crippen LogP contribution in [0.2, 0.25) is 0 Å². The molecule has 1 heterocycles. The van der Waals surface area contributed by atoms with Crippen LogP contribution in [0.1, 0.15) is 24.8 Å². The maximum Gasteiger partial charge on any atom is 0.195 e. The Hall–Kier alpha value is -1.35. The van der Waals surface area contributed by atoms with Crippen molar-refractivity contribution in [3.63, 3.8) is 0 Å². The second-order valence-electron chi connectivity index (χ2n) is 3.69. The predicted molar refractivity (Wildman–Crippen MR) is 60.8 cm³/mol. The van der Waals surface area contributed by atoms with E-state index in [2.05, 4.69) is 29.4 Å². The molecule has 0 aliphatic rings. The lowest BCUT2D eigenvalue weighted by molar-refractivity contribution is 0.525. The van der Waals surface area contributed by atoms with Gasteiger partial charge < -0.3 is 9.73 Å². The topological polar surface area (TPSA) is 38.1 Å². The van der Waals surface area contributed by atoms with Crippen molar-refractivity contribution in [3.05, 3.63) is 29.7 Å². The molecule has 15 heavy (non-hydrogen) atoms. The number of rotatable bonds is 4. The van der Waals surface area contributed by atoms with Crippen LogP contribution >= 0.6 is 0 Å². The fourth-order valence-electron chi connectivity index (χ4n) is 1.65. The van der Waals surface area contributed by atoms with Crippen molar-refractivity contribution < 1.29 is 4.42 Å². The summed E-state index contributed by atoms with van der Waals surface area (Å²) in [4.78, 5) is 4.42. The molecule has 0 saturated carbocycles. The maximum atomic E-state index is 5.66. The Kier molecular flexibility index (Phi) is 3.02. The molecule has 0 unspecified atom stereocenters. The highest BCUT2D eigenvalue weighted by Gasteiger charge is 2.05. The fourth-order valence-corrected chi connectivity index (χ4v) is 1.65. The van der Waals surface area contributed by atoms with Gasteiger partial charge in [-0.3, -0.25) is 0 Å². The van der Waals surface area contributed by atoms with Gasteiger partial charge in [0.25, 0.3) is 0 Å². The van der Waals surface area contributed by atoms with E-state index in [1.54, 1.807) is 0 Å². The van der Waals surface area contributed by atoms with Crippen LogP contribution in [0.3, 0.4) is 0 Å². The molecule has 0 aliphatic carbocycles. The first-order valence-electron chi connectivity index (χ1n) is 5.36. The second kappa shape index (κ2) is 4.45. The Morgan fingerprint density at radius 3 is 3.00 bits per heavy atom. The number of oxazole rings is 1. The Morgan fingerprint density at radius 1 is 1.40 bits per heavy atom. The second-order valence-corrected chi connectivity index (χ2v) is 3.69. The van der Waals surface area contributed by atoms with Crippen molar-refractivity contribution in [2.45, 2.75) is 26.3 Å². The van der Waals surface area contributed by atoms with Crippen LogP contribution in [-0.2, 0) is 13.0 Å². The minimum Gasteiger partial charge on any atom is -0.441 e. The fraction of sp³-hybridized carbons (Fsp3) is 0.417. The molecule has 80 valence electrons. The molecule has 0 fully saturated rings. The number of nitrogens with one attached hydrogen (secondary N) is 1. The zero-order chi connectivity index (χ0) is 10.7. The molecule has 0 spiro atoms. The Balaban J connectivity index is 2.34. The minimum absolute atomic E-state index is 0.842. The number of benzene rings is 1. The van der Waals surface area contributed by atoms with Crippen LogP contribution in [0.5, 0.6) is 0 Å². The number of nitrogens with zero attached hydrogens (tertiary/aromatic N) is 1. The third-order valence-electron chi connectivity index (χ3n) is 2.34. The monoisotopic (exact) mass is 204 g/mol. The van der Waals surface area contributed by atoms with E-state index in [9.17, 15) is 0 Å². The summed E-state index contributed by atoms with van der Waals surface area (Å²) in [6, 6.07) is 6.15. The highest BCUT2D eigenvalue weighted by atomic mass is 16.3. The molecule has 0 saturated heterocycles. The molecule has 3 nitrogen and oxygen atoms in total. The first kappa shape index (κ1) is 10.2. The summed E-state index contributed by atoms with van der Waals surface area (Å²) in [6.45, 7) is 2.99. The van der Waals surface area contributed by atoms with Crippen molar-refractivity contribution in [2.24, 2.45) is 0 Å². The summed E-state index contributed by atoms with van der Waals surface area (Å²) in [5.41, 5.74) is 3.08. The van der Waals surface area contributed by atoms with Gasteiger partial charge in [-0.1, -0.05) is 13.0 Å². The molecule has 1 N–H and O–H groups in total. The molecule has 0 atom stereocenters. The van der Waals surface area contributed by atoms with Crippen LogP contribution in [0.4, 0.5) is 0 Å². The average Bonchev–Trinajstić information content (AvgIpc) is 2.60. The predicted octanol–water partition coefficient (Wildman–Crippen LogP) is 2.50. The number of aryl methyl sites for hydroxylation is 1. The SMILES string of the molecule is CCCc1nc2ccc(CNC)cc2o1. The van der Waals surface area contributed by atoms with Crippen LogP contribution < -0.4 is 5.32 Å². The van der Waals surface area contributed by atoms with Crippen LogP contribution in [0.15, 0.2) is 22.6 Å². The van der Waals surface area contributed by atoms with E-state index in [0.717, 1.165) is 36.4 Å². The number of hydrogen-bond acceptors (Lipinski definition) is 3. The third-order valence-corrected chi connectivity index (χ3v) is 2.34. The van der Waals surface area contributed by atoms with E-state index in [4.69, 9.17) is 4.42 Å². The van der Waals surface area contributed by atoms with Gasteiger partial charge in [-0.05, 0) is 31.2 Å². The maximum absolute atomic E-state index is 5.66. The zero-order valence-electron chi connectivity index (χ0n) is 9.21. The minimum atomic E-state index is 0.842. The summed E-state index contributed by atoms with van der Waals surface area (Å²) in [6.07, 6.45) is 1.98. The molecule has 2 rings (SSSR count). The van der Waals surface area contributed by atoms with Gasteiger partial charge in [-0.2, -0.15) is 0 Å². The third kappa shape index (κ3) is 2.18. The molecule has 1 aromatic carbocycles. The Bertz CT molecular complexity index is 444. The van der Waals surface area contributed by atoms with E-state index in [0.29, 0.717) is 0 Å². The summed E-state index contributed by atoms with van der Waals surface area (Å²) in [7, 11) is 1.94. The molecule has 2 aromatic rings. The molecule has 0 bridgehead atoms. The number of fused-ring (bicyclic) bond motifs is 1. The number of hydrogen-bond donors (Lipinski definition) is 1. The summed E-state index contributed by atoms with van der Waals surface area (Å²) in [5.74, 6) is 0.842. The summed E-state index contributed by atoms with van der Waals surface area (Å²) in [5, 5.41) is 3.12. The zero-order valence-corrected chi connectivity index (χ0v) is 9.21. The van der Waals surface area contributed by atoms with Crippen molar-refractivity contribution in [1.82, 2.24) is 10.3 Å². The van der Waals surface area contributed by atoms with Gasteiger partial charge in [0.05, 0.1) is 0 Å². The van der Waals surface area contributed by atoms with Gasteiger partial charge in [-0.25, -0.2) is 4.98 Å². The van der Waals surface area contributed by atoms with Gasteiger partial charge in [-0.15, -0.1) is 0 Å². The highest BCUT2D eigenvalue weighted by molar-refractivity contribution is 5.73. The first-order valence-corrected chi connectivity index (χ1v) is 5.36. The Morgan fingerprint density at radius 2 is 2.27 bits per heavy atom.